The fourth-order valence-corrected chi connectivity index (χ4v) is 5.53. The van der Waals surface area contributed by atoms with Gasteiger partial charge in [-0.15, -0.1) is 12.4 Å². The van der Waals surface area contributed by atoms with Crippen molar-refractivity contribution in [3.8, 4) is 0 Å². The van der Waals surface area contributed by atoms with Gasteiger partial charge < -0.3 is 5.73 Å². The van der Waals surface area contributed by atoms with Crippen LogP contribution in [0.25, 0.3) is 0 Å². The topological polar surface area (TPSA) is 26.0 Å². The van der Waals surface area contributed by atoms with Gasteiger partial charge in [-0.1, -0.05) is 30.3 Å². The molecule has 1 aromatic carbocycles. The maximum absolute atomic E-state index is 6.97. The van der Waals surface area contributed by atoms with Gasteiger partial charge in [0.1, 0.15) is 0 Å². The Kier molecular flexibility index (Phi) is 3.85. The normalized spacial score (nSPS) is 41.5. The van der Waals surface area contributed by atoms with Crippen molar-refractivity contribution < 1.29 is 0 Å². The van der Waals surface area contributed by atoms with E-state index in [9.17, 15) is 0 Å². The molecule has 3 fully saturated rings. The van der Waals surface area contributed by atoms with Gasteiger partial charge in [0.05, 0.1) is 0 Å². The molecule has 5 atom stereocenters. The minimum atomic E-state index is 0. The third-order valence-electron chi connectivity index (χ3n) is 6.44. The Balaban J connectivity index is 0.00000121. The van der Waals surface area contributed by atoms with Crippen LogP contribution in [0.4, 0.5) is 0 Å². The first kappa shape index (κ1) is 14.4. The molecule has 0 aromatic heterocycles. The van der Waals surface area contributed by atoms with Crippen LogP contribution in [-0.2, 0) is 6.42 Å². The summed E-state index contributed by atoms with van der Waals surface area (Å²) in [7, 11) is 0. The van der Waals surface area contributed by atoms with Crippen LogP contribution < -0.4 is 5.73 Å². The van der Waals surface area contributed by atoms with Crippen LogP contribution in [-0.4, -0.2) is 5.54 Å². The monoisotopic (exact) mass is 291 g/mol. The zero-order chi connectivity index (χ0) is 12.9. The van der Waals surface area contributed by atoms with Crippen molar-refractivity contribution in [1.82, 2.24) is 0 Å². The van der Waals surface area contributed by atoms with Gasteiger partial charge in [-0.25, -0.2) is 0 Å². The van der Waals surface area contributed by atoms with Crippen LogP contribution in [0.1, 0.15) is 44.1 Å². The SMILES string of the molecule is Cl.NC1(CCc2ccccc2)C2CCC3CC(C2)CC31. The largest absolute Gasteiger partial charge is 0.325 e. The average Bonchev–Trinajstić information content (AvgIpc) is 2.67. The van der Waals surface area contributed by atoms with Gasteiger partial charge in [0.2, 0.25) is 0 Å². The molecule has 0 saturated heterocycles. The number of nitrogens with two attached hydrogens (primary N) is 1. The van der Waals surface area contributed by atoms with E-state index in [1.807, 2.05) is 0 Å². The highest BCUT2D eigenvalue weighted by atomic mass is 35.5. The Morgan fingerprint density at radius 3 is 2.65 bits per heavy atom. The van der Waals surface area contributed by atoms with Gasteiger partial charge in [0.15, 0.2) is 0 Å². The zero-order valence-electron chi connectivity index (χ0n) is 12.1. The summed E-state index contributed by atoms with van der Waals surface area (Å²) < 4.78 is 0. The lowest BCUT2D eigenvalue weighted by atomic mass is 9.58. The summed E-state index contributed by atoms with van der Waals surface area (Å²) in [5, 5.41) is 0. The summed E-state index contributed by atoms with van der Waals surface area (Å²) in [5.74, 6) is 3.65. The minimum absolute atomic E-state index is 0. The van der Waals surface area contributed by atoms with Gasteiger partial charge >= 0.3 is 0 Å². The van der Waals surface area contributed by atoms with E-state index in [1.165, 1.54) is 50.5 Å². The smallest absolute Gasteiger partial charge is 0.0217 e. The Morgan fingerprint density at radius 2 is 1.85 bits per heavy atom. The molecule has 0 aliphatic heterocycles. The first-order chi connectivity index (χ1) is 9.25. The summed E-state index contributed by atoms with van der Waals surface area (Å²) >= 11 is 0. The highest BCUT2D eigenvalue weighted by Gasteiger charge is 2.56. The Hall–Kier alpha value is -0.530. The predicted octanol–water partition coefficient (Wildman–Crippen LogP) is 4.19. The van der Waals surface area contributed by atoms with Crippen LogP contribution in [0.2, 0.25) is 0 Å². The van der Waals surface area contributed by atoms with Crippen molar-refractivity contribution in [2.75, 3.05) is 0 Å². The number of rotatable bonds is 3. The van der Waals surface area contributed by atoms with Crippen LogP contribution in [0.3, 0.4) is 0 Å². The van der Waals surface area contributed by atoms with Gasteiger partial charge in [-0.05, 0) is 74.2 Å². The van der Waals surface area contributed by atoms with E-state index in [-0.39, 0.29) is 17.9 Å². The van der Waals surface area contributed by atoms with E-state index in [0.29, 0.717) is 0 Å². The summed E-state index contributed by atoms with van der Waals surface area (Å²) in [4.78, 5) is 0. The fourth-order valence-electron chi connectivity index (χ4n) is 5.53. The molecule has 1 nitrogen and oxygen atoms in total. The van der Waals surface area contributed by atoms with Crippen LogP contribution in [0, 0.1) is 23.7 Å². The number of hydrogen-bond donors (Lipinski definition) is 1. The molecule has 3 saturated carbocycles. The second-order valence-corrected chi connectivity index (χ2v) is 7.31. The molecule has 0 radical (unpaired) electrons. The maximum atomic E-state index is 6.97. The molecule has 2 N–H and O–H groups in total. The fraction of sp³-hybridized carbons (Fsp3) is 0.667. The molecule has 20 heavy (non-hydrogen) atoms. The summed E-state index contributed by atoms with van der Waals surface area (Å²) in [5.41, 5.74) is 8.59. The molecule has 0 spiro atoms. The second kappa shape index (κ2) is 5.35. The molecule has 4 rings (SSSR count). The minimum Gasteiger partial charge on any atom is -0.325 e. The zero-order valence-corrected chi connectivity index (χ0v) is 12.9. The number of hydrogen-bond acceptors (Lipinski definition) is 1. The van der Waals surface area contributed by atoms with Crippen molar-refractivity contribution in [1.29, 1.82) is 0 Å². The standard InChI is InChI=1S/C18H25N.ClH/c19-18(9-8-13-4-2-1-3-5-13)16-7-6-15-10-14(11-16)12-17(15)18;/h1-5,14-17H,6-12,19H2;1H. The average molecular weight is 292 g/mol. The van der Waals surface area contributed by atoms with Crippen molar-refractivity contribution in [2.45, 2.75) is 50.5 Å². The molecular formula is C18H26ClN. The van der Waals surface area contributed by atoms with Gasteiger partial charge in [0, 0.05) is 5.54 Å². The highest BCUT2D eigenvalue weighted by molar-refractivity contribution is 5.85. The molecule has 3 aliphatic carbocycles. The lowest BCUT2D eigenvalue weighted by Crippen LogP contribution is -2.58. The molecule has 5 unspecified atom stereocenters. The molecule has 3 aliphatic rings. The van der Waals surface area contributed by atoms with Crippen LogP contribution in [0.15, 0.2) is 30.3 Å². The van der Waals surface area contributed by atoms with Crippen molar-refractivity contribution in [3.05, 3.63) is 35.9 Å². The lowest BCUT2D eigenvalue weighted by molar-refractivity contribution is 0.0427. The maximum Gasteiger partial charge on any atom is 0.0217 e. The Labute approximate surface area is 128 Å². The van der Waals surface area contributed by atoms with Crippen molar-refractivity contribution >= 4 is 12.4 Å². The first-order valence-electron chi connectivity index (χ1n) is 8.08. The molecule has 2 heteroatoms. The van der Waals surface area contributed by atoms with Gasteiger partial charge in [0.25, 0.3) is 0 Å². The summed E-state index contributed by atoms with van der Waals surface area (Å²) in [6.45, 7) is 0. The van der Waals surface area contributed by atoms with Crippen LogP contribution >= 0.6 is 12.4 Å². The van der Waals surface area contributed by atoms with E-state index in [1.54, 1.807) is 0 Å². The Bertz CT molecular complexity index is 460. The molecule has 110 valence electrons. The molecule has 3 bridgehead atoms. The van der Waals surface area contributed by atoms with E-state index < -0.39 is 0 Å². The third-order valence-corrected chi connectivity index (χ3v) is 6.44. The third kappa shape index (κ3) is 2.19. The number of halogens is 1. The van der Waals surface area contributed by atoms with Gasteiger partial charge in [-0.3, -0.25) is 0 Å². The summed E-state index contributed by atoms with van der Waals surface area (Å²) in [6, 6.07) is 10.9. The molecular weight excluding hydrogens is 266 g/mol. The van der Waals surface area contributed by atoms with E-state index in [0.717, 1.165) is 23.7 Å². The first-order valence-corrected chi connectivity index (χ1v) is 8.08. The number of benzene rings is 1. The van der Waals surface area contributed by atoms with Crippen molar-refractivity contribution in [3.63, 3.8) is 0 Å². The second-order valence-electron chi connectivity index (χ2n) is 7.31. The van der Waals surface area contributed by atoms with E-state index in [4.69, 9.17) is 5.73 Å². The predicted molar refractivity (Wildman–Crippen MR) is 86.0 cm³/mol. The summed E-state index contributed by atoms with van der Waals surface area (Å²) in [6.07, 6.45) is 9.60. The number of aryl methyl sites for hydroxylation is 1. The molecule has 0 heterocycles. The highest BCUT2D eigenvalue weighted by Crippen LogP contribution is 2.59. The van der Waals surface area contributed by atoms with Crippen molar-refractivity contribution in [2.24, 2.45) is 29.4 Å². The lowest BCUT2D eigenvalue weighted by Gasteiger charge is -2.51. The van der Waals surface area contributed by atoms with Crippen LogP contribution in [0.5, 0.6) is 0 Å². The number of fused-ring (bicyclic) bond motifs is 2. The van der Waals surface area contributed by atoms with Gasteiger partial charge in [-0.2, -0.15) is 0 Å². The molecule has 1 aromatic rings. The van der Waals surface area contributed by atoms with E-state index >= 15 is 0 Å². The van der Waals surface area contributed by atoms with E-state index in [2.05, 4.69) is 30.3 Å². The quantitative estimate of drug-likeness (QED) is 0.888. The Morgan fingerprint density at radius 1 is 1.05 bits per heavy atom. The molecule has 0 amide bonds.